The van der Waals surface area contributed by atoms with Gasteiger partial charge in [-0.3, -0.25) is 9.78 Å². The number of urea groups is 1. The average molecular weight is 291 g/mol. The van der Waals surface area contributed by atoms with Crippen LogP contribution in [0.3, 0.4) is 0 Å². The van der Waals surface area contributed by atoms with Gasteiger partial charge in [-0.2, -0.15) is 0 Å². The van der Waals surface area contributed by atoms with Gasteiger partial charge in [-0.05, 0) is 38.3 Å². The van der Waals surface area contributed by atoms with Gasteiger partial charge in [-0.15, -0.1) is 0 Å². The van der Waals surface area contributed by atoms with E-state index in [0.717, 1.165) is 12.0 Å². The third-order valence-electron chi connectivity index (χ3n) is 4.28. The predicted molar refractivity (Wildman–Crippen MR) is 77.7 cm³/mol. The summed E-state index contributed by atoms with van der Waals surface area (Å²) in [6, 6.07) is 2.83. The topological polar surface area (TPSA) is 91.3 Å². The van der Waals surface area contributed by atoms with Crippen molar-refractivity contribution in [2.75, 3.05) is 0 Å². The van der Waals surface area contributed by atoms with Crippen molar-refractivity contribution in [3.63, 3.8) is 0 Å². The van der Waals surface area contributed by atoms with Crippen molar-refractivity contribution >= 4 is 12.0 Å². The van der Waals surface area contributed by atoms with Gasteiger partial charge >= 0.3 is 12.0 Å². The number of carbonyl (C=O) groups excluding carboxylic acids is 1. The fourth-order valence-corrected chi connectivity index (χ4v) is 2.77. The van der Waals surface area contributed by atoms with Gasteiger partial charge in [-0.25, -0.2) is 4.79 Å². The molecule has 0 radical (unpaired) electrons. The van der Waals surface area contributed by atoms with E-state index >= 15 is 0 Å². The highest BCUT2D eigenvalue weighted by Crippen LogP contribution is 2.38. The average Bonchev–Trinajstić information content (AvgIpc) is 2.82. The second-order valence-electron chi connectivity index (χ2n) is 5.79. The first-order valence-electron chi connectivity index (χ1n) is 7.14. The number of amides is 2. The number of nitrogens with zero attached hydrogens (tertiary/aromatic N) is 1. The smallest absolute Gasteiger partial charge is 0.315 e. The molecule has 6 nitrogen and oxygen atoms in total. The lowest BCUT2D eigenvalue weighted by Crippen LogP contribution is -2.50. The molecule has 0 saturated heterocycles. The Balaban J connectivity index is 1.94. The fraction of sp³-hybridized carbons (Fsp3) is 0.533. The summed E-state index contributed by atoms with van der Waals surface area (Å²) in [5.74, 6) is -0.856. The van der Waals surface area contributed by atoms with E-state index in [-0.39, 0.29) is 18.1 Å². The van der Waals surface area contributed by atoms with Gasteiger partial charge in [0.15, 0.2) is 0 Å². The number of hydrogen-bond acceptors (Lipinski definition) is 3. The van der Waals surface area contributed by atoms with Crippen LogP contribution in [0.4, 0.5) is 4.79 Å². The number of carbonyl (C=O) groups is 2. The Labute approximate surface area is 124 Å². The lowest BCUT2D eigenvalue weighted by atomic mass is 9.85. The number of carboxylic acid groups (broad SMARTS) is 1. The Morgan fingerprint density at radius 2 is 2.29 bits per heavy atom. The van der Waals surface area contributed by atoms with Gasteiger partial charge < -0.3 is 15.7 Å². The van der Waals surface area contributed by atoms with Gasteiger partial charge in [0, 0.05) is 18.4 Å². The standard InChI is InChI=1S/C15H21N3O3/c1-10(11-5-4-8-16-9-11)17-14(21)18-12-6-3-7-15(12,2)13(19)20/h4-5,8-10,12H,3,6-7H2,1-2H3,(H,19,20)(H2,17,18,21). The molecule has 0 aromatic carbocycles. The van der Waals surface area contributed by atoms with Crippen LogP contribution in [0.2, 0.25) is 0 Å². The fourth-order valence-electron chi connectivity index (χ4n) is 2.77. The van der Waals surface area contributed by atoms with Crippen molar-refractivity contribution in [3.8, 4) is 0 Å². The molecule has 0 aliphatic heterocycles. The van der Waals surface area contributed by atoms with E-state index in [4.69, 9.17) is 0 Å². The molecule has 0 spiro atoms. The van der Waals surface area contributed by atoms with Crippen LogP contribution in [0.1, 0.15) is 44.7 Å². The van der Waals surface area contributed by atoms with Gasteiger partial charge in [0.05, 0.1) is 11.5 Å². The van der Waals surface area contributed by atoms with E-state index in [2.05, 4.69) is 15.6 Å². The molecule has 0 bridgehead atoms. The quantitative estimate of drug-likeness (QED) is 0.792. The van der Waals surface area contributed by atoms with Crippen LogP contribution in [0.5, 0.6) is 0 Å². The maximum atomic E-state index is 12.1. The minimum atomic E-state index is -0.880. The number of pyridine rings is 1. The van der Waals surface area contributed by atoms with E-state index in [1.807, 2.05) is 19.1 Å². The number of nitrogens with one attached hydrogen (secondary N) is 2. The summed E-state index contributed by atoms with van der Waals surface area (Å²) in [5.41, 5.74) is 0.0228. The van der Waals surface area contributed by atoms with E-state index in [9.17, 15) is 14.7 Å². The molecule has 1 aromatic heterocycles. The zero-order valence-corrected chi connectivity index (χ0v) is 12.3. The minimum absolute atomic E-state index is 0.184. The molecule has 2 rings (SSSR count). The zero-order valence-electron chi connectivity index (χ0n) is 12.3. The highest BCUT2D eigenvalue weighted by Gasteiger charge is 2.45. The molecule has 1 saturated carbocycles. The second-order valence-corrected chi connectivity index (χ2v) is 5.79. The molecule has 6 heteroatoms. The molecule has 1 fully saturated rings. The Morgan fingerprint density at radius 1 is 1.52 bits per heavy atom. The Morgan fingerprint density at radius 3 is 2.90 bits per heavy atom. The largest absolute Gasteiger partial charge is 0.481 e. The maximum Gasteiger partial charge on any atom is 0.315 e. The van der Waals surface area contributed by atoms with Crippen LogP contribution in [0.25, 0.3) is 0 Å². The molecular weight excluding hydrogens is 270 g/mol. The number of rotatable bonds is 4. The zero-order chi connectivity index (χ0) is 15.5. The Kier molecular flexibility index (Phi) is 4.45. The van der Waals surface area contributed by atoms with Crippen molar-refractivity contribution in [3.05, 3.63) is 30.1 Å². The minimum Gasteiger partial charge on any atom is -0.481 e. The number of hydrogen-bond donors (Lipinski definition) is 3. The van der Waals surface area contributed by atoms with Gasteiger partial charge in [0.1, 0.15) is 0 Å². The van der Waals surface area contributed by atoms with Gasteiger partial charge in [0.2, 0.25) is 0 Å². The molecule has 1 aromatic rings. The molecule has 1 aliphatic carbocycles. The molecular formula is C15H21N3O3. The van der Waals surface area contributed by atoms with Gasteiger partial charge in [-0.1, -0.05) is 12.5 Å². The summed E-state index contributed by atoms with van der Waals surface area (Å²) < 4.78 is 0. The Bertz CT molecular complexity index is 520. The molecule has 1 heterocycles. The van der Waals surface area contributed by atoms with Crippen molar-refractivity contribution in [1.29, 1.82) is 0 Å². The summed E-state index contributed by atoms with van der Waals surface area (Å²) in [6.45, 7) is 3.56. The van der Waals surface area contributed by atoms with E-state index < -0.39 is 11.4 Å². The molecule has 2 amide bonds. The van der Waals surface area contributed by atoms with Crippen LogP contribution < -0.4 is 10.6 Å². The van der Waals surface area contributed by atoms with Crippen LogP contribution in [-0.4, -0.2) is 28.1 Å². The first-order valence-corrected chi connectivity index (χ1v) is 7.14. The Hall–Kier alpha value is -2.11. The van der Waals surface area contributed by atoms with E-state index in [1.54, 1.807) is 19.3 Å². The van der Waals surface area contributed by atoms with Crippen molar-refractivity contribution in [1.82, 2.24) is 15.6 Å². The van der Waals surface area contributed by atoms with Crippen molar-refractivity contribution in [2.45, 2.75) is 45.2 Å². The molecule has 3 unspecified atom stereocenters. The monoisotopic (exact) mass is 291 g/mol. The van der Waals surface area contributed by atoms with E-state index in [0.29, 0.717) is 12.8 Å². The molecule has 3 atom stereocenters. The van der Waals surface area contributed by atoms with E-state index in [1.165, 1.54) is 0 Å². The SMILES string of the molecule is CC(NC(=O)NC1CCCC1(C)C(=O)O)c1cccnc1. The summed E-state index contributed by atoms with van der Waals surface area (Å²) in [4.78, 5) is 27.4. The first-order chi connectivity index (χ1) is 9.93. The predicted octanol–water partition coefficient (Wildman–Crippen LogP) is 2.09. The van der Waals surface area contributed by atoms with Crippen LogP contribution in [0, 0.1) is 5.41 Å². The lowest BCUT2D eigenvalue weighted by molar-refractivity contribution is -0.148. The molecule has 114 valence electrons. The number of carboxylic acids is 1. The van der Waals surface area contributed by atoms with Crippen LogP contribution >= 0.6 is 0 Å². The lowest BCUT2D eigenvalue weighted by Gasteiger charge is -2.28. The first kappa shape index (κ1) is 15.3. The van der Waals surface area contributed by atoms with Crippen molar-refractivity contribution in [2.24, 2.45) is 5.41 Å². The van der Waals surface area contributed by atoms with Crippen LogP contribution in [0.15, 0.2) is 24.5 Å². The normalized spacial score (nSPS) is 26.1. The molecule has 21 heavy (non-hydrogen) atoms. The summed E-state index contributed by atoms with van der Waals surface area (Å²) in [7, 11) is 0. The summed E-state index contributed by atoms with van der Waals surface area (Å²) in [5, 5.41) is 15.0. The second kappa shape index (κ2) is 6.11. The summed E-state index contributed by atoms with van der Waals surface area (Å²) >= 11 is 0. The van der Waals surface area contributed by atoms with Crippen molar-refractivity contribution < 1.29 is 14.7 Å². The highest BCUT2D eigenvalue weighted by atomic mass is 16.4. The number of aliphatic carboxylic acids is 1. The van der Waals surface area contributed by atoms with Crippen LogP contribution in [-0.2, 0) is 4.79 Å². The summed E-state index contributed by atoms with van der Waals surface area (Å²) in [6.07, 6.45) is 5.46. The molecule has 1 aliphatic rings. The highest BCUT2D eigenvalue weighted by molar-refractivity contribution is 5.79. The van der Waals surface area contributed by atoms with Gasteiger partial charge in [0.25, 0.3) is 0 Å². The number of aromatic nitrogens is 1. The molecule has 3 N–H and O–H groups in total. The third-order valence-corrected chi connectivity index (χ3v) is 4.28. The maximum absolute atomic E-state index is 12.1. The third kappa shape index (κ3) is 3.32.